The maximum absolute atomic E-state index is 12.0. The molecule has 0 spiro atoms. The van der Waals surface area contributed by atoms with E-state index < -0.39 is 6.04 Å². The number of Topliss-reactive ketones (excluding diaryl/α,β-unsaturated/α-hetero) is 1. The molecular formula is C10H17N3O2. The van der Waals surface area contributed by atoms with Crippen LogP contribution in [0.5, 0.6) is 5.75 Å². The molecule has 84 valence electrons. The highest BCUT2D eigenvalue weighted by atomic mass is 16.5. The minimum Gasteiger partial charge on any atom is -0.493 e. The van der Waals surface area contributed by atoms with Crippen LogP contribution in [0.4, 0.5) is 0 Å². The number of aromatic nitrogens is 2. The van der Waals surface area contributed by atoms with Crippen molar-refractivity contribution in [3.63, 3.8) is 0 Å². The van der Waals surface area contributed by atoms with Crippen molar-refractivity contribution in [3.05, 3.63) is 11.9 Å². The molecule has 15 heavy (non-hydrogen) atoms. The summed E-state index contributed by atoms with van der Waals surface area (Å²) in [4.78, 5) is 12.0. The van der Waals surface area contributed by atoms with Crippen molar-refractivity contribution in [2.75, 3.05) is 7.11 Å². The van der Waals surface area contributed by atoms with Crippen LogP contribution in [0.15, 0.2) is 6.20 Å². The van der Waals surface area contributed by atoms with Crippen molar-refractivity contribution in [1.29, 1.82) is 0 Å². The van der Waals surface area contributed by atoms with Crippen molar-refractivity contribution in [1.82, 2.24) is 9.78 Å². The van der Waals surface area contributed by atoms with Crippen LogP contribution in [0.1, 0.15) is 24.3 Å². The molecule has 1 aromatic rings. The topological polar surface area (TPSA) is 70.1 Å². The third kappa shape index (κ3) is 2.18. The van der Waals surface area contributed by atoms with Crippen molar-refractivity contribution < 1.29 is 9.53 Å². The van der Waals surface area contributed by atoms with Crippen LogP contribution in [0.25, 0.3) is 0 Å². The van der Waals surface area contributed by atoms with E-state index in [9.17, 15) is 4.79 Å². The van der Waals surface area contributed by atoms with Crippen LogP contribution >= 0.6 is 0 Å². The molecule has 0 saturated heterocycles. The molecule has 0 radical (unpaired) electrons. The van der Waals surface area contributed by atoms with Gasteiger partial charge < -0.3 is 10.5 Å². The molecule has 0 saturated carbocycles. The molecule has 1 atom stereocenters. The number of ether oxygens (including phenoxy) is 1. The molecule has 0 aliphatic carbocycles. The second-order valence-corrected chi connectivity index (χ2v) is 3.82. The molecule has 0 aliphatic rings. The Balaban J connectivity index is 3.04. The molecule has 0 aliphatic heterocycles. The third-order valence-electron chi connectivity index (χ3n) is 2.38. The summed E-state index contributed by atoms with van der Waals surface area (Å²) in [6.45, 7) is 3.82. The molecule has 0 amide bonds. The lowest BCUT2D eigenvalue weighted by atomic mass is 9.99. The smallest absolute Gasteiger partial charge is 0.201 e. The largest absolute Gasteiger partial charge is 0.493 e. The van der Waals surface area contributed by atoms with E-state index in [0.29, 0.717) is 11.4 Å². The first kappa shape index (κ1) is 11.7. The molecule has 1 rings (SSSR count). The summed E-state index contributed by atoms with van der Waals surface area (Å²) in [5.74, 6) is 0.428. The van der Waals surface area contributed by atoms with E-state index in [2.05, 4.69) is 5.10 Å². The molecule has 0 aromatic carbocycles. The fourth-order valence-electron chi connectivity index (χ4n) is 1.31. The van der Waals surface area contributed by atoms with Crippen LogP contribution in [-0.2, 0) is 7.05 Å². The first-order chi connectivity index (χ1) is 6.99. The summed E-state index contributed by atoms with van der Waals surface area (Å²) in [7, 11) is 3.21. The number of ketones is 1. The van der Waals surface area contributed by atoms with Crippen molar-refractivity contribution in [2.45, 2.75) is 19.9 Å². The molecular weight excluding hydrogens is 194 g/mol. The van der Waals surface area contributed by atoms with E-state index in [4.69, 9.17) is 10.5 Å². The summed E-state index contributed by atoms with van der Waals surface area (Å²) in [6.07, 6.45) is 1.51. The first-order valence-corrected chi connectivity index (χ1v) is 4.84. The Labute approximate surface area is 89.2 Å². The molecule has 5 nitrogen and oxygen atoms in total. The van der Waals surface area contributed by atoms with Gasteiger partial charge in [-0.2, -0.15) is 5.10 Å². The minimum atomic E-state index is -0.519. The summed E-state index contributed by atoms with van der Waals surface area (Å²) in [5, 5.41) is 3.97. The fraction of sp³-hybridized carbons (Fsp3) is 0.600. The summed E-state index contributed by atoms with van der Waals surface area (Å²) < 4.78 is 6.55. The quantitative estimate of drug-likeness (QED) is 0.740. The van der Waals surface area contributed by atoms with Gasteiger partial charge in [0.25, 0.3) is 0 Å². The number of aryl methyl sites for hydroxylation is 1. The molecule has 1 unspecified atom stereocenters. The highest BCUT2D eigenvalue weighted by Crippen LogP contribution is 2.19. The predicted molar refractivity (Wildman–Crippen MR) is 56.9 cm³/mol. The van der Waals surface area contributed by atoms with Crippen LogP contribution in [0.2, 0.25) is 0 Å². The van der Waals surface area contributed by atoms with Gasteiger partial charge in [0.2, 0.25) is 5.78 Å². The van der Waals surface area contributed by atoms with E-state index in [1.807, 2.05) is 13.8 Å². The summed E-state index contributed by atoms with van der Waals surface area (Å²) in [5.41, 5.74) is 6.23. The van der Waals surface area contributed by atoms with Gasteiger partial charge in [-0.1, -0.05) is 13.8 Å². The van der Waals surface area contributed by atoms with Gasteiger partial charge in [-0.05, 0) is 5.92 Å². The molecule has 0 bridgehead atoms. The Morgan fingerprint density at radius 3 is 2.67 bits per heavy atom. The van der Waals surface area contributed by atoms with Crippen LogP contribution < -0.4 is 10.5 Å². The Bertz CT molecular complexity index is 358. The van der Waals surface area contributed by atoms with Crippen LogP contribution in [-0.4, -0.2) is 28.7 Å². The number of hydrogen-bond acceptors (Lipinski definition) is 4. The summed E-state index contributed by atoms with van der Waals surface area (Å²) >= 11 is 0. The number of hydrogen-bond donors (Lipinski definition) is 1. The maximum Gasteiger partial charge on any atom is 0.201 e. The molecule has 1 heterocycles. The SMILES string of the molecule is COc1cnn(C)c1C(=O)C(N)C(C)C. The van der Waals surface area contributed by atoms with Crippen LogP contribution in [0, 0.1) is 5.92 Å². The zero-order chi connectivity index (χ0) is 11.6. The average molecular weight is 211 g/mol. The Morgan fingerprint density at radius 1 is 1.60 bits per heavy atom. The van der Waals surface area contributed by atoms with Crippen molar-refractivity contribution in [2.24, 2.45) is 18.7 Å². The number of carbonyl (C=O) groups excluding carboxylic acids is 1. The van der Waals surface area contributed by atoms with E-state index in [0.717, 1.165) is 0 Å². The fourth-order valence-corrected chi connectivity index (χ4v) is 1.31. The van der Waals surface area contributed by atoms with Crippen molar-refractivity contribution >= 4 is 5.78 Å². The number of carbonyl (C=O) groups is 1. The number of nitrogens with two attached hydrogens (primary N) is 1. The number of nitrogens with zero attached hydrogens (tertiary/aromatic N) is 2. The normalized spacial score (nSPS) is 12.9. The maximum atomic E-state index is 12.0. The highest BCUT2D eigenvalue weighted by molar-refractivity contribution is 6.00. The van der Waals surface area contributed by atoms with Gasteiger partial charge in [-0.3, -0.25) is 9.48 Å². The van der Waals surface area contributed by atoms with Gasteiger partial charge in [0.15, 0.2) is 5.75 Å². The van der Waals surface area contributed by atoms with Gasteiger partial charge in [0.1, 0.15) is 5.69 Å². The van der Waals surface area contributed by atoms with E-state index in [-0.39, 0.29) is 11.7 Å². The zero-order valence-electron chi connectivity index (χ0n) is 9.52. The lowest BCUT2D eigenvalue weighted by molar-refractivity contribution is 0.0928. The first-order valence-electron chi connectivity index (χ1n) is 4.84. The third-order valence-corrected chi connectivity index (χ3v) is 2.38. The summed E-state index contributed by atoms with van der Waals surface area (Å²) in [6, 6.07) is -0.519. The number of methoxy groups -OCH3 is 1. The van der Waals surface area contributed by atoms with E-state index in [1.54, 1.807) is 7.05 Å². The van der Waals surface area contributed by atoms with Crippen LogP contribution in [0.3, 0.4) is 0 Å². The van der Waals surface area contributed by atoms with Gasteiger partial charge in [-0.25, -0.2) is 0 Å². The predicted octanol–water partition coefficient (Wildman–Crippen LogP) is 0.595. The Hall–Kier alpha value is -1.36. The monoisotopic (exact) mass is 211 g/mol. The van der Waals surface area contributed by atoms with Crippen molar-refractivity contribution in [3.8, 4) is 5.75 Å². The lowest BCUT2D eigenvalue weighted by Gasteiger charge is -2.14. The highest BCUT2D eigenvalue weighted by Gasteiger charge is 2.25. The van der Waals surface area contributed by atoms with Gasteiger partial charge in [-0.15, -0.1) is 0 Å². The molecule has 1 aromatic heterocycles. The van der Waals surface area contributed by atoms with E-state index in [1.165, 1.54) is 18.0 Å². The molecule has 0 fully saturated rings. The second kappa shape index (κ2) is 4.44. The van der Waals surface area contributed by atoms with Gasteiger partial charge in [0.05, 0.1) is 19.3 Å². The zero-order valence-corrected chi connectivity index (χ0v) is 9.52. The second-order valence-electron chi connectivity index (χ2n) is 3.82. The molecule has 5 heteroatoms. The standard InChI is InChI=1S/C10H17N3O2/c1-6(2)8(11)10(14)9-7(15-4)5-12-13(9)3/h5-6,8H,11H2,1-4H3. The minimum absolute atomic E-state index is 0.0945. The molecule has 2 N–H and O–H groups in total. The van der Waals surface area contributed by atoms with Gasteiger partial charge in [0, 0.05) is 7.05 Å². The van der Waals surface area contributed by atoms with E-state index >= 15 is 0 Å². The Morgan fingerprint density at radius 2 is 2.20 bits per heavy atom. The lowest BCUT2D eigenvalue weighted by Crippen LogP contribution is -2.36. The average Bonchev–Trinajstić information content (AvgIpc) is 2.57. The van der Waals surface area contributed by atoms with Gasteiger partial charge >= 0.3 is 0 Å². The Kier molecular flexibility index (Phi) is 3.47. The number of rotatable bonds is 4.